The summed E-state index contributed by atoms with van der Waals surface area (Å²) in [6.07, 6.45) is 7.00. The summed E-state index contributed by atoms with van der Waals surface area (Å²) in [5.74, 6) is 0.798. The van der Waals surface area contributed by atoms with E-state index in [0.29, 0.717) is 0 Å². The maximum absolute atomic E-state index is 4.61. The summed E-state index contributed by atoms with van der Waals surface area (Å²) in [7, 11) is 0. The Kier molecular flexibility index (Phi) is 5.18. The Bertz CT molecular complexity index is 1050. The van der Waals surface area contributed by atoms with Crippen LogP contribution in [0, 0.1) is 12.8 Å². The molecular formula is C23H26N4S. The van der Waals surface area contributed by atoms with Crippen molar-refractivity contribution >= 4 is 32.4 Å². The van der Waals surface area contributed by atoms with Crippen LogP contribution in [-0.4, -0.2) is 9.97 Å². The normalized spacial score (nSPS) is 13.9. The van der Waals surface area contributed by atoms with Crippen molar-refractivity contribution < 1.29 is 0 Å². The van der Waals surface area contributed by atoms with Gasteiger partial charge in [0.1, 0.15) is 0 Å². The third-order valence-electron chi connectivity index (χ3n) is 5.20. The lowest BCUT2D eigenvalue weighted by molar-refractivity contribution is 0.314. The molecule has 2 N–H and O–H groups in total. The number of hydrogen-bond donors (Lipinski definition) is 2. The number of aromatic nitrogens is 2. The van der Waals surface area contributed by atoms with E-state index in [2.05, 4.69) is 58.0 Å². The van der Waals surface area contributed by atoms with Crippen molar-refractivity contribution in [2.24, 2.45) is 5.92 Å². The van der Waals surface area contributed by atoms with E-state index in [4.69, 9.17) is 0 Å². The Morgan fingerprint density at radius 1 is 1.18 bits per heavy atom. The van der Waals surface area contributed by atoms with Gasteiger partial charge in [0, 0.05) is 23.2 Å². The summed E-state index contributed by atoms with van der Waals surface area (Å²) >= 11 is 1.63. The van der Waals surface area contributed by atoms with E-state index in [9.17, 15) is 0 Å². The molecule has 3 aromatic rings. The lowest BCUT2D eigenvalue weighted by atomic mass is 9.82. The first-order valence-electron chi connectivity index (χ1n) is 9.73. The Hall–Kier alpha value is -2.66. The van der Waals surface area contributed by atoms with Crippen LogP contribution in [0.3, 0.4) is 0 Å². The molecular weight excluding hydrogens is 364 g/mol. The molecule has 0 aliphatic heterocycles. The van der Waals surface area contributed by atoms with Gasteiger partial charge < -0.3 is 10.6 Å². The molecule has 0 amide bonds. The maximum Gasteiger partial charge on any atom is 0.188 e. The first-order valence-corrected chi connectivity index (χ1v) is 10.5. The van der Waals surface area contributed by atoms with Crippen LogP contribution in [0.4, 0.5) is 10.8 Å². The Morgan fingerprint density at radius 3 is 2.71 bits per heavy atom. The third kappa shape index (κ3) is 4.09. The topological polar surface area (TPSA) is 49.8 Å². The molecule has 1 aliphatic carbocycles. The molecule has 0 unspecified atom stereocenters. The number of hydrogen-bond acceptors (Lipinski definition) is 5. The molecule has 0 bridgehead atoms. The maximum atomic E-state index is 4.61. The first kappa shape index (κ1) is 18.7. The number of aryl methyl sites for hydroxylation is 1. The quantitative estimate of drug-likeness (QED) is 0.470. The predicted octanol–water partition coefficient (Wildman–Crippen LogP) is 6.73. The van der Waals surface area contributed by atoms with Crippen molar-refractivity contribution in [1.82, 2.24) is 9.97 Å². The van der Waals surface area contributed by atoms with E-state index in [-0.39, 0.29) is 0 Å². The van der Waals surface area contributed by atoms with E-state index in [1.807, 2.05) is 20.0 Å². The van der Waals surface area contributed by atoms with Gasteiger partial charge in [-0.25, -0.2) is 4.98 Å². The van der Waals surface area contributed by atoms with E-state index < -0.39 is 0 Å². The van der Waals surface area contributed by atoms with Crippen molar-refractivity contribution in [2.45, 2.75) is 39.5 Å². The van der Waals surface area contributed by atoms with Gasteiger partial charge in [0.05, 0.1) is 21.6 Å². The molecule has 28 heavy (non-hydrogen) atoms. The number of pyridine rings is 1. The second kappa shape index (κ2) is 7.76. The average molecular weight is 391 g/mol. The lowest BCUT2D eigenvalue weighted by Crippen LogP contribution is -2.14. The van der Waals surface area contributed by atoms with Gasteiger partial charge >= 0.3 is 0 Å². The molecule has 1 aliphatic rings. The van der Waals surface area contributed by atoms with E-state index in [1.54, 1.807) is 11.3 Å². The number of benzene rings is 1. The van der Waals surface area contributed by atoms with E-state index in [1.165, 1.54) is 19.3 Å². The van der Waals surface area contributed by atoms with Crippen molar-refractivity contribution in [3.8, 4) is 11.1 Å². The number of allylic oxidation sites excluding steroid dienone is 2. The van der Waals surface area contributed by atoms with Gasteiger partial charge in [-0.15, -0.1) is 0 Å². The number of rotatable bonds is 7. The van der Waals surface area contributed by atoms with Crippen LogP contribution in [-0.2, 0) is 0 Å². The predicted molar refractivity (Wildman–Crippen MR) is 121 cm³/mol. The summed E-state index contributed by atoms with van der Waals surface area (Å²) in [6, 6.07) is 8.51. The van der Waals surface area contributed by atoms with Crippen molar-refractivity contribution in [2.75, 3.05) is 10.6 Å². The van der Waals surface area contributed by atoms with Crippen molar-refractivity contribution in [3.05, 3.63) is 60.7 Å². The highest BCUT2D eigenvalue weighted by Gasteiger charge is 2.18. The number of anilines is 2. The molecule has 0 atom stereocenters. The molecule has 0 spiro atoms. The van der Waals surface area contributed by atoms with Crippen molar-refractivity contribution in [3.63, 3.8) is 0 Å². The second-order valence-electron chi connectivity index (χ2n) is 7.69. The fourth-order valence-corrected chi connectivity index (χ4v) is 4.43. The number of nitrogens with one attached hydrogen (secondary N) is 2. The summed E-state index contributed by atoms with van der Waals surface area (Å²) in [5.41, 5.74) is 7.22. The van der Waals surface area contributed by atoms with Gasteiger partial charge in [-0.2, -0.15) is 0 Å². The van der Waals surface area contributed by atoms with Crippen LogP contribution in [0.1, 0.15) is 38.3 Å². The molecule has 4 nitrogen and oxygen atoms in total. The Labute approximate surface area is 170 Å². The SMILES string of the molecule is C=C(C)Nc1nc2ccc(-c3cnc(C)c(NC(=C)CC4CCC4)c3)cc2s1. The lowest BCUT2D eigenvalue weighted by Gasteiger charge is -2.26. The van der Waals surface area contributed by atoms with Gasteiger partial charge in [0.2, 0.25) is 0 Å². The molecule has 0 saturated heterocycles. The molecule has 144 valence electrons. The second-order valence-corrected chi connectivity index (χ2v) is 8.72. The minimum Gasteiger partial charge on any atom is -0.358 e. The minimum atomic E-state index is 0.798. The van der Waals surface area contributed by atoms with Crippen LogP contribution in [0.25, 0.3) is 21.3 Å². The molecule has 2 heterocycles. The standard InChI is InChI=1S/C23H26N4S/c1-14(2)25-23-27-20-9-8-18(12-22(20)28-23)19-11-21(16(4)24-13-19)26-15(3)10-17-6-5-7-17/h8-9,11-13,17,26H,1,3,5-7,10H2,2,4H3,(H,25,27). The molecule has 0 radical (unpaired) electrons. The molecule has 1 aromatic carbocycles. The summed E-state index contributed by atoms with van der Waals surface area (Å²) in [5, 5.41) is 7.57. The molecule has 1 fully saturated rings. The van der Waals surface area contributed by atoms with E-state index >= 15 is 0 Å². The molecule has 5 heteroatoms. The van der Waals surface area contributed by atoms with Gasteiger partial charge in [-0.05, 0) is 49.9 Å². The monoisotopic (exact) mass is 390 g/mol. The summed E-state index contributed by atoms with van der Waals surface area (Å²) in [4.78, 5) is 9.21. The summed E-state index contributed by atoms with van der Waals surface area (Å²) in [6.45, 7) is 12.1. The average Bonchev–Trinajstić information content (AvgIpc) is 3.00. The van der Waals surface area contributed by atoms with Crippen LogP contribution >= 0.6 is 11.3 Å². The number of fused-ring (bicyclic) bond motifs is 1. The highest BCUT2D eigenvalue weighted by Crippen LogP contribution is 2.34. The van der Waals surface area contributed by atoms with Gasteiger partial charge in [-0.3, -0.25) is 4.98 Å². The molecule has 4 rings (SSSR count). The van der Waals surface area contributed by atoms with Crippen molar-refractivity contribution in [1.29, 1.82) is 0 Å². The van der Waals surface area contributed by atoms with Gasteiger partial charge in [0.25, 0.3) is 0 Å². The van der Waals surface area contributed by atoms with Gasteiger partial charge in [0.15, 0.2) is 5.13 Å². The van der Waals surface area contributed by atoms with E-state index in [0.717, 1.165) is 61.6 Å². The zero-order valence-electron chi connectivity index (χ0n) is 16.5. The fourth-order valence-electron chi connectivity index (χ4n) is 3.44. The summed E-state index contributed by atoms with van der Waals surface area (Å²) < 4.78 is 1.14. The third-order valence-corrected chi connectivity index (χ3v) is 6.13. The zero-order chi connectivity index (χ0) is 19.7. The smallest absolute Gasteiger partial charge is 0.188 e. The number of nitrogens with zero attached hydrogens (tertiary/aromatic N) is 2. The van der Waals surface area contributed by atoms with Crippen LogP contribution < -0.4 is 10.6 Å². The molecule has 1 saturated carbocycles. The largest absolute Gasteiger partial charge is 0.358 e. The zero-order valence-corrected chi connectivity index (χ0v) is 17.3. The number of thiazole rings is 1. The highest BCUT2D eigenvalue weighted by molar-refractivity contribution is 7.22. The Morgan fingerprint density at radius 2 is 2.00 bits per heavy atom. The molecule has 2 aromatic heterocycles. The van der Waals surface area contributed by atoms with Crippen LogP contribution in [0.2, 0.25) is 0 Å². The minimum absolute atomic E-state index is 0.798. The fraction of sp³-hybridized carbons (Fsp3) is 0.304. The Balaban J connectivity index is 1.57. The first-order chi connectivity index (χ1) is 13.5. The van der Waals surface area contributed by atoms with Gasteiger partial charge in [-0.1, -0.05) is 49.8 Å². The highest BCUT2D eigenvalue weighted by atomic mass is 32.1. The van der Waals surface area contributed by atoms with Crippen LogP contribution in [0.5, 0.6) is 0 Å². The van der Waals surface area contributed by atoms with Crippen LogP contribution in [0.15, 0.2) is 55.0 Å².